The van der Waals surface area contributed by atoms with Gasteiger partial charge in [-0.15, -0.1) is 0 Å². The summed E-state index contributed by atoms with van der Waals surface area (Å²) in [7, 11) is 0. The number of thioether (sulfide) groups is 1. The Balaban J connectivity index is 3.08. The first-order valence-electron chi connectivity index (χ1n) is 8.70. The molecular formula is C19H26O5S. The maximum absolute atomic E-state index is 12.8. The highest BCUT2D eigenvalue weighted by Gasteiger charge is 2.37. The molecule has 1 aromatic carbocycles. The minimum Gasteiger partial charge on any atom is -0.457 e. The van der Waals surface area contributed by atoms with E-state index in [9.17, 15) is 14.4 Å². The standard InChI is InChI=1S/C19H26O5S/c1-13(16(21)14-9-7-6-8-10-14)17(18(22)24-19(2,3)4)23-15(20)11-12-25-5/h6-10,13,17H,11-12H2,1-5H3/i1D. The van der Waals surface area contributed by atoms with Crippen LogP contribution in [0.25, 0.3) is 0 Å². The fraction of sp³-hybridized carbons (Fsp3) is 0.526. The first kappa shape index (κ1) is 19.5. The van der Waals surface area contributed by atoms with Crippen molar-refractivity contribution in [1.29, 1.82) is 0 Å². The van der Waals surface area contributed by atoms with E-state index in [1.165, 1.54) is 11.8 Å². The van der Waals surface area contributed by atoms with E-state index in [0.29, 0.717) is 11.3 Å². The van der Waals surface area contributed by atoms with Crippen molar-refractivity contribution in [2.75, 3.05) is 12.0 Å². The van der Waals surface area contributed by atoms with Gasteiger partial charge in [-0.2, -0.15) is 11.8 Å². The van der Waals surface area contributed by atoms with Crippen LogP contribution in [0.2, 0.25) is 0 Å². The van der Waals surface area contributed by atoms with Gasteiger partial charge in [0.25, 0.3) is 0 Å². The van der Waals surface area contributed by atoms with Gasteiger partial charge < -0.3 is 9.47 Å². The highest BCUT2D eigenvalue weighted by Crippen LogP contribution is 2.20. The quantitative estimate of drug-likeness (QED) is 0.517. The van der Waals surface area contributed by atoms with Gasteiger partial charge in [-0.05, 0) is 27.0 Å². The Hall–Kier alpha value is -1.82. The minimum atomic E-state index is -1.44. The number of carbonyl (C=O) groups is 3. The maximum Gasteiger partial charge on any atom is 0.348 e. The molecule has 2 unspecified atom stereocenters. The molecule has 0 amide bonds. The Morgan fingerprint density at radius 3 is 2.36 bits per heavy atom. The number of ketones is 1. The smallest absolute Gasteiger partial charge is 0.348 e. The number of benzene rings is 1. The number of Topliss-reactive ketones (excluding diaryl/α,β-unsaturated/α-hetero) is 1. The average molecular weight is 367 g/mol. The number of ether oxygens (including phenoxy) is 2. The van der Waals surface area contributed by atoms with Crippen LogP contribution in [0.4, 0.5) is 0 Å². The molecule has 6 heteroatoms. The van der Waals surface area contributed by atoms with Crippen LogP contribution in [0.5, 0.6) is 0 Å². The maximum atomic E-state index is 12.8. The van der Waals surface area contributed by atoms with Crippen molar-refractivity contribution in [2.24, 2.45) is 5.92 Å². The molecule has 0 aliphatic rings. The number of hydrogen-bond acceptors (Lipinski definition) is 6. The second kappa shape index (κ2) is 9.61. The van der Waals surface area contributed by atoms with Crippen molar-refractivity contribution >= 4 is 29.5 Å². The van der Waals surface area contributed by atoms with Gasteiger partial charge in [-0.3, -0.25) is 9.59 Å². The molecule has 0 aliphatic carbocycles. The molecule has 1 rings (SSSR count). The van der Waals surface area contributed by atoms with Crippen molar-refractivity contribution in [2.45, 2.75) is 45.8 Å². The van der Waals surface area contributed by atoms with Crippen LogP contribution in [0.3, 0.4) is 0 Å². The molecule has 0 spiro atoms. The van der Waals surface area contributed by atoms with Crippen LogP contribution in [-0.4, -0.2) is 41.4 Å². The third-order valence-corrected chi connectivity index (χ3v) is 3.78. The van der Waals surface area contributed by atoms with E-state index in [4.69, 9.17) is 10.8 Å². The SMILES string of the molecule is [2H]CC(C(=O)c1ccccc1)C(OC(=O)CCSC)C(=O)OC(C)(C)C. The number of hydrogen-bond donors (Lipinski definition) is 0. The molecule has 0 saturated carbocycles. The van der Waals surface area contributed by atoms with E-state index < -0.39 is 42.2 Å². The summed E-state index contributed by atoms with van der Waals surface area (Å²) in [6.07, 6.45) is 0.531. The van der Waals surface area contributed by atoms with Crippen LogP contribution < -0.4 is 0 Å². The molecule has 25 heavy (non-hydrogen) atoms. The summed E-state index contributed by atoms with van der Waals surface area (Å²) in [4.78, 5) is 37.4. The van der Waals surface area contributed by atoms with Crippen molar-refractivity contribution in [1.82, 2.24) is 0 Å². The van der Waals surface area contributed by atoms with Gasteiger partial charge in [0.2, 0.25) is 6.10 Å². The van der Waals surface area contributed by atoms with Crippen LogP contribution >= 0.6 is 11.8 Å². The molecule has 0 fully saturated rings. The summed E-state index contributed by atoms with van der Waals surface area (Å²) in [6, 6.07) is 8.36. The molecule has 0 radical (unpaired) electrons. The van der Waals surface area contributed by atoms with E-state index in [1.54, 1.807) is 51.1 Å². The van der Waals surface area contributed by atoms with Crippen LogP contribution in [-0.2, 0) is 19.1 Å². The number of rotatable bonds is 8. The van der Waals surface area contributed by atoms with E-state index in [2.05, 4.69) is 0 Å². The average Bonchev–Trinajstić information content (AvgIpc) is 2.58. The Morgan fingerprint density at radius 1 is 1.20 bits per heavy atom. The van der Waals surface area contributed by atoms with E-state index >= 15 is 0 Å². The Morgan fingerprint density at radius 2 is 1.84 bits per heavy atom. The third-order valence-electron chi connectivity index (χ3n) is 3.17. The molecule has 0 bridgehead atoms. The topological polar surface area (TPSA) is 69.7 Å². The fourth-order valence-electron chi connectivity index (χ4n) is 1.99. The van der Waals surface area contributed by atoms with Gasteiger partial charge in [0, 0.05) is 12.7 Å². The zero-order chi connectivity index (χ0) is 19.7. The molecule has 0 saturated heterocycles. The lowest BCUT2D eigenvalue weighted by Gasteiger charge is -2.26. The second-order valence-electron chi connectivity index (χ2n) is 6.52. The number of esters is 2. The molecule has 2 atom stereocenters. The van der Waals surface area contributed by atoms with Crippen molar-refractivity contribution < 1.29 is 25.2 Å². The normalized spacial score (nSPS) is 14.2. The van der Waals surface area contributed by atoms with Gasteiger partial charge in [-0.1, -0.05) is 37.2 Å². The van der Waals surface area contributed by atoms with Gasteiger partial charge in [0.1, 0.15) is 5.60 Å². The fourth-order valence-corrected chi connectivity index (χ4v) is 2.37. The van der Waals surface area contributed by atoms with Crippen LogP contribution in [0.15, 0.2) is 30.3 Å². The molecule has 138 valence electrons. The van der Waals surface area contributed by atoms with Crippen LogP contribution in [0, 0.1) is 5.92 Å². The first-order valence-corrected chi connectivity index (χ1v) is 9.38. The lowest BCUT2D eigenvalue weighted by atomic mass is 9.94. The number of carbonyl (C=O) groups excluding carboxylic acids is 3. The molecule has 1 aromatic rings. The summed E-state index contributed by atoms with van der Waals surface area (Å²) in [5, 5.41) is 0. The van der Waals surface area contributed by atoms with E-state index in [-0.39, 0.29) is 6.42 Å². The van der Waals surface area contributed by atoms with Crippen LogP contribution in [0.1, 0.15) is 45.8 Å². The Bertz CT molecular complexity index is 612. The third kappa shape index (κ3) is 7.30. The largest absolute Gasteiger partial charge is 0.457 e. The zero-order valence-electron chi connectivity index (χ0n) is 16.1. The first-order chi connectivity index (χ1) is 12.2. The monoisotopic (exact) mass is 367 g/mol. The van der Waals surface area contributed by atoms with Crippen molar-refractivity contribution in [3.05, 3.63) is 35.9 Å². The molecule has 0 heterocycles. The molecule has 0 aromatic heterocycles. The molecule has 0 N–H and O–H groups in total. The molecular weight excluding hydrogens is 340 g/mol. The van der Waals surface area contributed by atoms with Gasteiger partial charge in [0.15, 0.2) is 5.78 Å². The molecule has 5 nitrogen and oxygen atoms in total. The molecule has 0 aliphatic heterocycles. The Kier molecular flexibility index (Phi) is 7.50. The predicted molar refractivity (Wildman–Crippen MR) is 98.7 cm³/mol. The summed E-state index contributed by atoms with van der Waals surface area (Å²) in [6.45, 7) is 4.66. The highest BCUT2D eigenvalue weighted by molar-refractivity contribution is 7.98. The summed E-state index contributed by atoms with van der Waals surface area (Å²) < 4.78 is 18.4. The summed E-state index contributed by atoms with van der Waals surface area (Å²) >= 11 is 1.47. The zero-order valence-corrected chi connectivity index (χ0v) is 15.9. The Labute approximate surface area is 154 Å². The van der Waals surface area contributed by atoms with Gasteiger partial charge >= 0.3 is 11.9 Å². The predicted octanol–water partition coefficient (Wildman–Crippen LogP) is 3.51. The lowest BCUT2D eigenvalue weighted by Crippen LogP contribution is -2.41. The summed E-state index contributed by atoms with van der Waals surface area (Å²) in [5.74, 6) is -2.40. The van der Waals surface area contributed by atoms with Crippen molar-refractivity contribution in [3.63, 3.8) is 0 Å². The van der Waals surface area contributed by atoms with Crippen molar-refractivity contribution in [3.8, 4) is 0 Å². The van der Waals surface area contributed by atoms with Gasteiger partial charge in [-0.25, -0.2) is 4.79 Å². The van der Waals surface area contributed by atoms with E-state index in [0.717, 1.165) is 0 Å². The second-order valence-corrected chi connectivity index (χ2v) is 7.51. The van der Waals surface area contributed by atoms with Gasteiger partial charge in [0.05, 0.1) is 12.3 Å². The lowest BCUT2D eigenvalue weighted by molar-refractivity contribution is -0.178. The summed E-state index contributed by atoms with van der Waals surface area (Å²) in [5.41, 5.74) is -0.443. The van der Waals surface area contributed by atoms with E-state index in [1.807, 2.05) is 6.26 Å². The highest BCUT2D eigenvalue weighted by atomic mass is 32.2. The minimum absolute atomic E-state index is 0.116.